The summed E-state index contributed by atoms with van der Waals surface area (Å²) in [4.78, 5) is 0. The van der Waals surface area contributed by atoms with E-state index >= 15 is 0 Å². The van der Waals surface area contributed by atoms with Gasteiger partial charge in [0.25, 0.3) is 0 Å². The Bertz CT molecular complexity index is 561. The van der Waals surface area contributed by atoms with Gasteiger partial charge in [0, 0.05) is 5.41 Å². The van der Waals surface area contributed by atoms with Crippen molar-refractivity contribution in [1.82, 2.24) is 0 Å². The fraction of sp³-hybridized carbons (Fsp3) is 0.795. The lowest BCUT2D eigenvalue weighted by Gasteiger charge is -2.30. The molecule has 2 heteroatoms. The molecule has 0 amide bonds. The Labute approximate surface area is 257 Å². The molecule has 0 saturated carbocycles. The molecule has 2 nitrogen and oxygen atoms in total. The summed E-state index contributed by atoms with van der Waals surface area (Å²) in [6.45, 7) is 4.77. The van der Waals surface area contributed by atoms with Crippen molar-refractivity contribution in [2.24, 2.45) is 5.41 Å². The van der Waals surface area contributed by atoms with Crippen LogP contribution in [0.1, 0.15) is 181 Å². The Kier molecular flexibility index (Phi) is 32.5. The molecule has 0 unspecified atom stereocenters. The van der Waals surface area contributed by atoms with Crippen LogP contribution in [0.3, 0.4) is 0 Å². The SMILES string of the molecule is CCCCC/C=C\C/C=C\CCCCCCCCC(CO)(CO)CCCCCCCC/C=C\C/C=C\CCCCC. The molecule has 0 radical (unpaired) electrons. The van der Waals surface area contributed by atoms with E-state index in [-0.39, 0.29) is 18.6 Å². The van der Waals surface area contributed by atoms with Gasteiger partial charge in [-0.25, -0.2) is 0 Å². The smallest absolute Gasteiger partial charge is 0.0509 e. The van der Waals surface area contributed by atoms with Crippen molar-refractivity contribution in [3.8, 4) is 0 Å². The summed E-state index contributed by atoms with van der Waals surface area (Å²) in [7, 11) is 0. The highest BCUT2D eigenvalue weighted by atomic mass is 16.3. The van der Waals surface area contributed by atoms with Crippen molar-refractivity contribution >= 4 is 0 Å². The Morgan fingerprint density at radius 1 is 0.366 bits per heavy atom. The van der Waals surface area contributed by atoms with Crippen molar-refractivity contribution in [2.45, 2.75) is 181 Å². The van der Waals surface area contributed by atoms with Gasteiger partial charge in [0.1, 0.15) is 0 Å². The number of hydrogen-bond donors (Lipinski definition) is 2. The molecule has 0 heterocycles. The van der Waals surface area contributed by atoms with Crippen LogP contribution in [0.4, 0.5) is 0 Å². The van der Waals surface area contributed by atoms with E-state index in [9.17, 15) is 10.2 Å². The van der Waals surface area contributed by atoms with Crippen LogP contribution in [0, 0.1) is 5.41 Å². The predicted octanol–water partition coefficient (Wildman–Crippen LogP) is 12.4. The van der Waals surface area contributed by atoms with Gasteiger partial charge in [0.15, 0.2) is 0 Å². The molecule has 0 spiro atoms. The van der Waals surface area contributed by atoms with E-state index in [1.54, 1.807) is 0 Å². The van der Waals surface area contributed by atoms with Crippen LogP contribution in [0.2, 0.25) is 0 Å². The van der Waals surface area contributed by atoms with E-state index in [2.05, 4.69) is 62.5 Å². The third kappa shape index (κ3) is 28.8. The normalized spacial score (nSPS) is 12.8. The Morgan fingerprint density at radius 3 is 0.976 bits per heavy atom. The van der Waals surface area contributed by atoms with Crippen LogP contribution in [0.5, 0.6) is 0 Å². The van der Waals surface area contributed by atoms with E-state index in [4.69, 9.17) is 0 Å². The number of aliphatic hydroxyl groups excluding tert-OH is 2. The van der Waals surface area contributed by atoms with E-state index in [1.807, 2.05) is 0 Å². The lowest BCUT2D eigenvalue weighted by atomic mass is 9.79. The zero-order valence-electron chi connectivity index (χ0n) is 27.8. The van der Waals surface area contributed by atoms with E-state index in [0.717, 1.165) is 38.5 Å². The van der Waals surface area contributed by atoms with Crippen molar-refractivity contribution in [3.05, 3.63) is 48.6 Å². The number of aliphatic hydroxyl groups is 2. The molecule has 0 aliphatic carbocycles. The van der Waals surface area contributed by atoms with Crippen LogP contribution >= 0.6 is 0 Å². The van der Waals surface area contributed by atoms with Gasteiger partial charge >= 0.3 is 0 Å². The van der Waals surface area contributed by atoms with Gasteiger partial charge in [-0.15, -0.1) is 0 Å². The average molecular weight is 573 g/mol. The quantitative estimate of drug-likeness (QED) is 0.0621. The largest absolute Gasteiger partial charge is 0.396 e. The highest BCUT2D eigenvalue weighted by Gasteiger charge is 2.27. The second-order valence-corrected chi connectivity index (χ2v) is 12.5. The van der Waals surface area contributed by atoms with Gasteiger partial charge in [-0.2, -0.15) is 0 Å². The second kappa shape index (κ2) is 33.4. The first-order valence-electron chi connectivity index (χ1n) is 18.1. The van der Waals surface area contributed by atoms with Crippen molar-refractivity contribution in [2.75, 3.05) is 13.2 Å². The van der Waals surface area contributed by atoms with Crippen LogP contribution in [0.15, 0.2) is 48.6 Å². The number of hydrogen-bond acceptors (Lipinski definition) is 2. The lowest BCUT2D eigenvalue weighted by Crippen LogP contribution is -2.29. The summed E-state index contributed by atoms with van der Waals surface area (Å²) < 4.78 is 0. The first kappa shape index (κ1) is 39.9. The standard InChI is InChI=1S/C39H72O2/c1-3-5-7-9-11-13-15-17-19-21-23-25-27-29-31-33-35-39(37-40,38-41)36-34-32-30-28-26-24-22-20-18-16-14-12-10-8-6-4-2/h11-14,17-20,40-41H,3-10,15-16,21-38H2,1-2H3/b13-11-,14-12-,19-17-,20-18-. The van der Waals surface area contributed by atoms with Gasteiger partial charge in [-0.05, 0) is 77.0 Å². The first-order chi connectivity index (χ1) is 20.2. The second-order valence-electron chi connectivity index (χ2n) is 12.5. The molecule has 0 bridgehead atoms. The Balaban J connectivity index is 3.67. The van der Waals surface area contributed by atoms with Gasteiger partial charge in [0.2, 0.25) is 0 Å². The van der Waals surface area contributed by atoms with Crippen LogP contribution in [-0.2, 0) is 0 Å². The summed E-state index contributed by atoms with van der Waals surface area (Å²) >= 11 is 0. The zero-order valence-corrected chi connectivity index (χ0v) is 27.8. The molecule has 41 heavy (non-hydrogen) atoms. The Hall–Kier alpha value is -1.12. The van der Waals surface area contributed by atoms with Gasteiger partial charge in [-0.1, -0.05) is 152 Å². The molecule has 0 saturated heterocycles. The summed E-state index contributed by atoms with van der Waals surface area (Å²) in [6, 6.07) is 0. The van der Waals surface area contributed by atoms with Gasteiger partial charge in [-0.3, -0.25) is 0 Å². The molecule has 240 valence electrons. The third-order valence-electron chi connectivity index (χ3n) is 8.49. The number of unbranched alkanes of at least 4 members (excludes halogenated alkanes) is 18. The fourth-order valence-electron chi connectivity index (χ4n) is 5.47. The average Bonchev–Trinajstić information content (AvgIpc) is 2.99. The summed E-state index contributed by atoms with van der Waals surface area (Å²) in [5.41, 5.74) is -0.259. The fourth-order valence-corrected chi connectivity index (χ4v) is 5.47. The molecule has 0 aliphatic rings. The van der Waals surface area contributed by atoms with Gasteiger partial charge in [0.05, 0.1) is 13.2 Å². The predicted molar refractivity (Wildman–Crippen MR) is 185 cm³/mol. The van der Waals surface area contributed by atoms with Crippen LogP contribution < -0.4 is 0 Å². The molecule has 0 aliphatic heterocycles. The van der Waals surface area contributed by atoms with Crippen molar-refractivity contribution < 1.29 is 10.2 Å². The monoisotopic (exact) mass is 573 g/mol. The molecule has 0 atom stereocenters. The number of rotatable bonds is 32. The molecule has 2 N–H and O–H groups in total. The minimum Gasteiger partial charge on any atom is -0.396 e. The maximum atomic E-state index is 10.0. The lowest BCUT2D eigenvalue weighted by molar-refractivity contribution is 0.0353. The maximum Gasteiger partial charge on any atom is 0.0509 e. The van der Waals surface area contributed by atoms with E-state index < -0.39 is 0 Å². The highest BCUT2D eigenvalue weighted by molar-refractivity contribution is 4.93. The summed E-state index contributed by atoms with van der Waals surface area (Å²) in [6.07, 6.45) is 50.6. The first-order valence-corrected chi connectivity index (χ1v) is 18.1. The summed E-state index contributed by atoms with van der Waals surface area (Å²) in [5.74, 6) is 0. The molecule has 0 fully saturated rings. The van der Waals surface area contributed by atoms with Crippen molar-refractivity contribution in [1.29, 1.82) is 0 Å². The highest BCUT2D eigenvalue weighted by Crippen LogP contribution is 2.31. The van der Waals surface area contributed by atoms with E-state index in [1.165, 1.54) is 128 Å². The maximum absolute atomic E-state index is 10.0. The van der Waals surface area contributed by atoms with Crippen LogP contribution in [0.25, 0.3) is 0 Å². The Morgan fingerprint density at radius 2 is 0.659 bits per heavy atom. The molecule has 0 aromatic carbocycles. The molecular weight excluding hydrogens is 500 g/mol. The zero-order chi connectivity index (χ0) is 30.0. The van der Waals surface area contributed by atoms with Gasteiger partial charge < -0.3 is 10.2 Å². The molecule has 0 rings (SSSR count). The third-order valence-corrected chi connectivity index (χ3v) is 8.49. The topological polar surface area (TPSA) is 40.5 Å². The van der Waals surface area contributed by atoms with E-state index in [0.29, 0.717) is 0 Å². The van der Waals surface area contributed by atoms with Crippen molar-refractivity contribution in [3.63, 3.8) is 0 Å². The molecular formula is C39H72O2. The molecule has 0 aromatic heterocycles. The number of allylic oxidation sites excluding steroid dienone is 8. The minimum absolute atomic E-state index is 0.129. The minimum atomic E-state index is -0.259. The summed E-state index contributed by atoms with van der Waals surface area (Å²) in [5, 5.41) is 20.1. The van der Waals surface area contributed by atoms with Crippen LogP contribution in [-0.4, -0.2) is 23.4 Å². The molecule has 0 aromatic rings.